The summed E-state index contributed by atoms with van der Waals surface area (Å²) in [4.78, 5) is 16.8. The van der Waals surface area contributed by atoms with E-state index in [0.29, 0.717) is 6.54 Å². The number of likely N-dealkylation sites (N-methyl/N-ethyl adjacent to an activating group) is 1. The number of hydrogen-bond donors (Lipinski definition) is 2. The van der Waals surface area contributed by atoms with E-state index in [1.54, 1.807) is 12.1 Å². The van der Waals surface area contributed by atoms with E-state index in [4.69, 9.17) is 17.3 Å². The Hall–Kier alpha value is -1.75. The molecule has 0 aromatic heterocycles. The van der Waals surface area contributed by atoms with Crippen LogP contribution in [0.3, 0.4) is 0 Å². The second kappa shape index (κ2) is 4.25. The van der Waals surface area contributed by atoms with Crippen LogP contribution in [-0.2, 0) is 0 Å². The number of benzene rings is 1. The SMILES string of the molecule is CCN1C(=O)N=C(N)C1c1ccc(O)c(Cl)c1. The second-order valence-electron chi connectivity index (χ2n) is 3.72. The Labute approximate surface area is 104 Å². The number of amidine groups is 1. The molecular weight excluding hydrogens is 242 g/mol. The lowest BCUT2D eigenvalue weighted by molar-refractivity contribution is 0.210. The van der Waals surface area contributed by atoms with Gasteiger partial charge in [0.1, 0.15) is 17.6 Å². The highest BCUT2D eigenvalue weighted by atomic mass is 35.5. The van der Waals surface area contributed by atoms with Gasteiger partial charge in [-0.05, 0) is 24.6 Å². The number of rotatable bonds is 2. The summed E-state index contributed by atoms with van der Waals surface area (Å²) < 4.78 is 0. The van der Waals surface area contributed by atoms with E-state index in [-0.39, 0.29) is 22.6 Å². The zero-order chi connectivity index (χ0) is 12.6. The molecule has 5 nitrogen and oxygen atoms in total. The van der Waals surface area contributed by atoms with Gasteiger partial charge in [-0.2, -0.15) is 4.99 Å². The third kappa shape index (κ3) is 1.93. The van der Waals surface area contributed by atoms with Crippen molar-refractivity contribution in [1.29, 1.82) is 0 Å². The molecular formula is C11H12ClN3O2. The lowest BCUT2D eigenvalue weighted by atomic mass is 10.1. The van der Waals surface area contributed by atoms with Gasteiger partial charge in [-0.1, -0.05) is 17.7 Å². The highest BCUT2D eigenvalue weighted by molar-refractivity contribution is 6.32. The van der Waals surface area contributed by atoms with Gasteiger partial charge in [0.15, 0.2) is 0 Å². The van der Waals surface area contributed by atoms with E-state index in [2.05, 4.69) is 4.99 Å². The lowest BCUT2D eigenvalue weighted by Gasteiger charge is -2.23. The van der Waals surface area contributed by atoms with Crippen LogP contribution in [0.2, 0.25) is 5.02 Å². The van der Waals surface area contributed by atoms with Gasteiger partial charge in [-0.3, -0.25) is 0 Å². The summed E-state index contributed by atoms with van der Waals surface area (Å²) in [5.74, 6) is 0.247. The number of carbonyl (C=O) groups is 1. The van der Waals surface area contributed by atoms with Crippen molar-refractivity contribution < 1.29 is 9.90 Å². The van der Waals surface area contributed by atoms with E-state index in [0.717, 1.165) is 5.56 Å². The Kier molecular flexibility index (Phi) is 2.93. The van der Waals surface area contributed by atoms with Crippen molar-refractivity contribution in [3.63, 3.8) is 0 Å². The second-order valence-corrected chi connectivity index (χ2v) is 4.13. The molecule has 1 aromatic carbocycles. The molecule has 0 saturated carbocycles. The number of phenols is 1. The molecule has 0 bridgehead atoms. The fraction of sp³-hybridized carbons (Fsp3) is 0.273. The third-order valence-electron chi connectivity index (χ3n) is 2.69. The molecule has 2 amide bonds. The first kappa shape index (κ1) is 11.7. The Balaban J connectivity index is 2.42. The normalized spacial score (nSPS) is 19.6. The summed E-state index contributed by atoms with van der Waals surface area (Å²) in [7, 11) is 0. The number of hydrogen-bond acceptors (Lipinski definition) is 3. The number of phenolic OH excluding ortho intramolecular Hbond substituents is 1. The summed E-state index contributed by atoms with van der Waals surface area (Å²) in [6.45, 7) is 2.35. The molecule has 1 aliphatic heterocycles. The Bertz CT molecular complexity index is 501. The van der Waals surface area contributed by atoms with Crippen LogP contribution in [0.4, 0.5) is 4.79 Å². The van der Waals surface area contributed by atoms with Crippen molar-refractivity contribution in [3.05, 3.63) is 28.8 Å². The van der Waals surface area contributed by atoms with Crippen LogP contribution in [0.25, 0.3) is 0 Å². The van der Waals surface area contributed by atoms with Gasteiger partial charge < -0.3 is 15.7 Å². The number of nitrogens with zero attached hydrogens (tertiary/aromatic N) is 2. The van der Waals surface area contributed by atoms with Crippen LogP contribution in [-0.4, -0.2) is 28.4 Å². The number of aromatic hydroxyl groups is 1. The number of urea groups is 1. The molecule has 0 radical (unpaired) electrons. The zero-order valence-corrected chi connectivity index (χ0v) is 9.98. The van der Waals surface area contributed by atoms with Gasteiger partial charge in [0.25, 0.3) is 0 Å². The molecule has 0 saturated heterocycles. The number of aliphatic imine (C=N–C) groups is 1. The average molecular weight is 254 g/mol. The molecule has 1 aliphatic rings. The number of amides is 2. The standard InChI is InChI=1S/C11H12ClN3O2/c1-2-15-9(10(13)14-11(15)17)6-3-4-8(16)7(12)5-6/h3-5,9,16H,2H2,1H3,(H2,13,14,17). The molecule has 1 unspecified atom stereocenters. The maximum absolute atomic E-state index is 11.5. The molecule has 1 aromatic rings. The number of nitrogens with two attached hydrogens (primary N) is 1. The quantitative estimate of drug-likeness (QED) is 0.845. The van der Waals surface area contributed by atoms with Gasteiger partial charge in [-0.25, -0.2) is 4.79 Å². The first-order valence-electron chi connectivity index (χ1n) is 5.17. The van der Waals surface area contributed by atoms with Crippen molar-refractivity contribution in [2.45, 2.75) is 13.0 Å². The summed E-state index contributed by atoms with van der Waals surface area (Å²) in [6.07, 6.45) is 0. The maximum Gasteiger partial charge on any atom is 0.346 e. The first-order valence-corrected chi connectivity index (χ1v) is 5.55. The minimum atomic E-state index is -0.398. The molecule has 0 aliphatic carbocycles. The number of carbonyl (C=O) groups excluding carboxylic acids is 1. The first-order chi connectivity index (χ1) is 8.04. The molecule has 1 atom stereocenters. The van der Waals surface area contributed by atoms with Crippen LogP contribution >= 0.6 is 11.6 Å². The van der Waals surface area contributed by atoms with Gasteiger partial charge >= 0.3 is 6.03 Å². The van der Waals surface area contributed by atoms with E-state index >= 15 is 0 Å². The fourth-order valence-electron chi connectivity index (χ4n) is 1.87. The largest absolute Gasteiger partial charge is 0.506 e. The van der Waals surface area contributed by atoms with Crippen LogP contribution in [0.1, 0.15) is 18.5 Å². The van der Waals surface area contributed by atoms with Crippen molar-refractivity contribution >= 4 is 23.5 Å². The average Bonchev–Trinajstić information content (AvgIpc) is 2.57. The summed E-state index contributed by atoms with van der Waals surface area (Å²) >= 11 is 5.83. The van der Waals surface area contributed by atoms with Gasteiger partial charge in [0.05, 0.1) is 5.02 Å². The molecule has 17 heavy (non-hydrogen) atoms. The minimum absolute atomic E-state index is 0.00158. The molecule has 0 spiro atoms. The van der Waals surface area contributed by atoms with E-state index in [1.165, 1.54) is 11.0 Å². The molecule has 1 heterocycles. The van der Waals surface area contributed by atoms with Crippen molar-refractivity contribution in [2.75, 3.05) is 6.54 Å². The van der Waals surface area contributed by atoms with Crippen molar-refractivity contribution in [2.24, 2.45) is 10.7 Å². The molecule has 6 heteroatoms. The van der Waals surface area contributed by atoms with Crippen LogP contribution in [0, 0.1) is 0 Å². The molecule has 3 N–H and O–H groups in total. The van der Waals surface area contributed by atoms with Crippen molar-refractivity contribution in [1.82, 2.24) is 4.90 Å². The topological polar surface area (TPSA) is 78.9 Å². The van der Waals surface area contributed by atoms with Gasteiger partial charge in [0, 0.05) is 6.54 Å². The number of halogens is 1. The predicted octanol–water partition coefficient (Wildman–Crippen LogP) is 1.90. The highest BCUT2D eigenvalue weighted by Crippen LogP contribution is 2.31. The Morgan fingerprint density at radius 3 is 2.88 bits per heavy atom. The van der Waals surface area contributed by atoms with Gasteiger partial charge in [0.2, 0.25) is 0 Å². The lowest BCUT2D eigenvalue weighted by Crippen LogP contribution is -2.33. The maximum atomic E-state index is 11.5. The monoisotopic (exact) mass is 253 g/mol. The van der Waals surface area contributed by atoms with E-state index in [9.17, 15) is 9.90 Å². The smallest absolute Gasteiger partial charge is 0.346 e. The molecule has 0 fully saturated rings. The Morgan fingerprint density at radius 2 is 2.29 bits per heavy atom. The van der Waals surface area contributed by atoms with Crippen LogP contribution < -0.4 is 5.73 Å². The molecule has 2 rings (SSSR count). The fourth-order valence-corrected chi connectivity index (χ4v) is 2.06. The Morgan fingerprint density at radius 1 is 1.59 bits per heavy atom. The summed E-state index contributed by atoms with van der Waals surface area (Å²) in [6, 6.07) is 3.99. The van der Waals surface area contributed by atoms with Crippen LogP contribution in [0.5, 0.6) is 5.75 Å². The van der Waals surface area contributed by atoms with E-state index in [1.807, 2.05) is 6.92 Å². The third-order valence-corrected chi connectivity index (χ3v) is 2.99. The van der Waals surface area contributed by atoms with Gasteiger partial charge in [-0.15, -0.1) is 0 Å². The minimum Gasteiger partial charge on any atom is -0.506 e. The summed E-state index contributed by atoms with van der Waals surface area (Å²) in [5.41, 5.74) is 6.48. The highest BCUT2D eigenvalue weighted by Gasteiger charge is 2.33. The zero-order valence-electron chi connectivity index (χ0n) is 9.22. The van der Waals surface area contributed by atoms with E-state index < -0.39 is 6.04 Å². The summed E-state index contributed by atoms with van der Waals surface area (Å²) in [5, 5.41) is 9.58. The molecule has 90 valence electrons. The van der Waals surface area contributed by atoms with Crippen LogP contribution in [0.15, 0.2) is 23.2 Å². The van der Waals surface area contributed by atoms with Crippen molar-refractivity contribution in [3.8, 4) is 5.75 Å². The predicted molar refractivity (Wildman–Crippen MR) is 65.3 cm³/mol.